The highest BCUT2D eigenvalue weighted by Crippen LogP contribution is 2.67. The van der Waals surface area contributed by atoms with E-state index in [0.29, 0.717) is 13.0 Å². The molecule has 1 N–H and O–H groups in total. The second-order valence-corrected chi connectivity index (χ2v) is 11.8. The third kappa shape index (κ3) is 9.95. The van der Waals surface area contributed by atoms with Gasteiger partial charge < -0.3 is 14.8 Å². The first-order valence-electron chi connectivity index (χ1n) is 13.7. The van der Waals surface area contributed by atoms with E-state index >= 15 is 0 Å². The third-order valence-electron chi connectivity index (χ3n) is 7.12. The summed E-state index contributed by atoms with van der Waals surface area (Å²) in [5.74, 6) is -0.130. The fourth-order valence-corrected chi connectivity index (χ4v) is 5.43. The first-order chi connectivity index (χ1) is 16.1. The lowest BCUT2D eigenvalue weighted by Crippen LogP contribution is -2.77. The van der Waals surface area contributed by atoms with E-state index in [4.69, 9.17) is 9.47 Å². The monoisotopic (exact) mass is 479 g/mol. The number of nitrogens with one attached hydrogen (secondary N) is 1. The van der Waals surface area contributed by atoms with Crippen LogP contribution in [0.3, 0.4) is 0 Å². The Labute approximate surface area is 207 Å². The normalized spacial score (nSPS) is 22.9. The van der Waals surface area contributed by atoms with Crippen molar-refractivity contribution >= 4 is 17.8 Å². The van der Waals surface area contributed by atoms with Crippen molar-refractivity contribution in [1.29, 1.82) is 0 Å². The van der Waals surface area contributed by atoms with Crippen LogP contribution in [0.25, 0.3) is 0 Å². The molecule has 6 nitrogen and oxygen atoms in total. The molecule has 6 heteroatoms. The van der Waals surface area contributed by atoms with Crippen molar-refractivity contribution in [2.24, 2.45) is 5.41 Å². The summed E-state index contributed by atoms with van der Waals surface area (Å²) in [5, 5.41) is 3.19. The van der Waals surface area contributed by atoms with Gasteiger partial charge in [0, 0.05) is 18.9 Å². The molecule has 0 aromatic heterocycles. The molecule has 196 valence electrons. The van der Waals surface area contributed by atoms with Crippen LogP contribution < -0.4 is 5.32 Å². The van der Waals surface area contributed by atoms with E-state index in [9.17, 15) is 14.4 Å². The molecule has 2 bridgehead atoms. The molecule has 3 fully saturated rings. The minimum atomic E-state index is -0.447. The molecule has 34 heavy (non-hydrogen) atoms. The highest BCUT2D eigenvalue weighted by atomic mass is 16.6. The van der Waals surface area contributed by atoms with Crippen LogP contribution in [0.2, 0.25) is 0 Å². The highest BCUT2D eigenvalue weighted by Gasteiger charge is 2.73. The van der Waals surface area contributed by atoms with Crippen LogP contribution in [0.15, 0.2) is 0 Å². The fraction of sp³-hybridized carbons (Fsp3) is 0.893. The molecule has 0 saturated heterocycles. The van der Waals surface area contributed by atoms with Gasteiger partial charge >= 0.3 is 11.9 Å². The van der Waals surface area contributed by atoms with Gasteiger partial charge in [0.05, 0.1) is 12.0 Å². The third-order valence-corrected chi connectivity index (χ3v) is 7.12. The van der Waals surface area contributed by atoms with Crippen LogP contribution >= 0.6 is 0 Å². The quantitative estimate of drug-likeness (QED) is 0.182. The Morgan fingerprint density at radius 3 is 1.62 bits per heavy atom. The lowest BCUT2D eigenvalue weighted by Gasteiger charge is -2.68. The molecule has 0 aromatic rings. The van der Waals surface area contributed by atoms with E-state index in [1.54, 1.807) is 0 Å². The van der Waals surface area contributed by atoms with E-state index < -0.39 is 5.60 Å². The van der Waals surface area contributed by atoms with Crippen LogP contribution in [0.5, 0.6) is 0 Å². The van der Waals surface area contributed by atoms with E-state index in [2.05, 4.69) is 5.32 Å². The minimum Gasteiger partial charge on any atom is -0.466 e. The van der Waals surface area contributed by atoms with Gasteiger partial charge in [-0.25, -0.2) is 0 Å². The van der Waals surface area contributed by atoms with E-state index in [1.165, 1.54) is 64.7 Å². The van der Waals surface area contributed by atoms with Gasteiger partial charge in [0.15, 0.2) is 0 Å². The number of unbranched alkanes of at least 4 members (excludes halogenated alkanes) is 12. The zero-order valence-corrected chi connectivity index (χ0v) is 22.3. The van der Waals surface area contributed by atoms with Gasteiger partial charge in [-0.2, -0.15) is 0 Å². The Morgan fingerprint density at radius 2 is 1.18 bits per heavy atom. The highest BCUT2D eigenvalue weighted by molar-refractivity contribution is 5.85. The van der Waals surface area contributed by atoms with Crippen LogP contribution in [-0.2, 0) is 23.9 Å². The Bertz CT molecular complexity index is 646. The molecule has 0 unspecified atom stereocenters. The first-order valence-corrected chi connectivity index (χ1v) is 13.7. The van der Waals surface area contributed by atoms with Crippen LogP contribution in [0.4, 0.5) is 0 Å². The summed E-state index contributed by atoms with van der Waals surface area (Å²) in [6, 6.07) is 0. The van der Waals surface area contributed by atoms with Gasteiger partial charge in [0.2, 0.25) is 5.91 Å². The second kappa shape index (κ2) is 13.5. The van der Waals surface area contributed by atoms with Crippen molar-refractivity contribution in [2.45, 2.75) is 148 Å². The van der Waals surface area contributed by atoms with E-state index in [0.717, 1.165) is 44.9 Å². The Kier molecular flexibility index (Phi) is 11.4. The predicted molar refractivity (Wildman–Crippen MR) is 134 cm³/mol. The number of esters is 2. The number of hydrogen-bond donors (Lipinski definition) is 1. The number of carbonyl (C=O) groups is 3. The summed E-state index contributed by atoms with van der Waals surface area (Å²) in [6.45, 7) is 7.72. The zero-order valence-electron chi connectivity index (χ0n) is 22.3. The van der Waals surface area contributed by atoms with E-state index in [1.807, 2.05) is 20.8 Å². The van der Waals surface area contributed by atoms with Gasteiger partial charge in [-0.1, -0.05) is 70.6 Å². The van der Waals surface area contributed by atoms with Crippen LogP contribution in [0, 0.1) is 5.41 Å². The van der Waals surface area contributed by atoms with Crippen molar-refractivity contribution in [3.63, 3.8) is 0 Å². The Hall–Kier alpha value is -1.59. The first kappa shape index (κ1) is 28.6. The molecule has 3 aliphatic carbocycles. The summed E-state index contributed by atoms with van der Waals surface area (Å²) in [4.78, 5) is 35.3. The number of ether oxygens (including phenoxy) is 2. The standard InChI is InChI=1S/C28H49NO5/c1-23(30)33-19-17-15-13-11-9-7-5-6-8-10-12-14-16-18-24(31)29-28-20-27(21-28,22-28)25(32)34-26(2,3)4/h5-22H2,1-4H3,(H,29,31). The maximum absolute atomic E-state index is 12.3. The number of hydrogen-bond acceptors (Lipinski definition) is 5. The maximum atomic E-state index is 12.3. The Morgan fingerprint density at radius 1 is 0.735 bits per heavy atom. The number of rotatable bonds is 18. The molecule has 0 heterocycles. The molecule has 0 aromatic carbocycles. The van der Waals surface area contributed by atoms with Crippen LogP contribution in [-0.4, -0.2) is 35.6 Å². The maximum Gasteiger partial charge on any atom is 0.312 e. The SMILES string of the molecule is CC(=O)OCCCCCCCCCCCCCCCC(=O)NC12CC(C(=O)OC(C)(C)C)(C1)C2. The summed E-state index contributed by atoms with van der Waals surface area (Å²) in [7, 11) is 0. The summed E-state index contributed by atoms with van der Waals surface area (Å²) >= 11 is 0. The largest absolute Gasteiger partial charge is 0.466 e. The fourth-order valence-electron chi connectivity index (χ4n) is 5.43. The Balaban J connectivity index is 1.33. The summed E-state index contributed by atoms with van der Waals surface area (Å²) in [6.07, 6.45) is 18.6. The predicted octanol–water partition coefficient (Wildman–Crippen LogP) is 6.39. The second-order valence-electron chi connectivity index (χ2n) is 11.8. The molecule has 0 radical (unpaired) electrons. The minimum absolute atomic E-state index is 0.0934. The molecule has 0 aliphatic heterocycles. The summed E-state index contributed by atoms with van der Waals surface area (Å²) < 4.78 is 10.5. The molecular formula is C28H49NO5. The smallest absolute Gasteiger partial charge is 0.312 e. The van der Waals surface area contributed by atoms with Crippen molar-refractivity contribution in [3.05, 3.63) is 0 Å². The zero-order chi connectivity index (χ0) is 25.1. The topological polar surface area (TPSA) is 81.7 Å². The molecular weight excluding hydrogens is 430 g/mol. The molecule has 1 amide bonds. The van der Waals surface area contributed by atoms with Gasteiger partial charge in [-0.05, 0) is 52.9 Å². The molecule has 0 spiro atoms. The van der Waals surface area contributed by atoms with Crippen LogP contribution in [0.1, 0.15) is 137 Å². The van der Waals surface area contributed by atoms with Gasteiger partial charge in [0.25, 0.3) is 0 Å². The lowest BCUT2D eigenvalue weighted by molar-refractivity contribution is -0.214. The van der Waals surface area contributed by atoms with Gasteiger partial charge in [0.1, 0.15) is 5.60 Å². The van der Waals surface area contributed by atoms with Crippen molar-refractivity contribution in [2.75, 3.05) is 6.61 Å². The average molecular weight is 480 g/mol. The van der Waals surface area contributed by atoms with Crippen molar-refractivity contribution in [3.8, 4) is 0 Å². The average Bonchev–Trinajstić information content (AvgIpc) is 2.67. The van der Waals surface area contributed by atoms with Crippen molar-refractivity contribution in [1.82, 2.24) is 5.32 Å². The molecule has 3 saturated carbocycles. The van der Waals surface area contributed by atoms with Crippen molar-refractivity contribution < 1.29 is 23.9 Å². The number of amides is 1. The summed E-state index contributed by atoms with van der Waals surface area (Å²) in [5.41, 5.74) is -0.900. The number of carbonyl (C=O) groups excluding carboxylic acids is 3. The van der Waals surface area contributed by atoms with Gasteiger partial charge in [-0.3, -0.25) is 14.4 Å². The molecule has 0 atom stereocenters. The molecule has 3 aliphatic rings. The lowest BCUT2D eigenvalue weighted by atomic mass is 9.39. The van der Waals surface area contributed by atoms with E-state index in [-0.39, 0.29) is 28.8 Å². The molecule has 3 rings (SSSR count). The van der Waals surface area contributed by atoms with Gasteiger partial charge in [-0.15, -0.1) is 0 Å².